The Hall–Kier alpha value is -2.36. The van der Waals surface area contributed by atoms with Crippen molar-refractivity contribution in [3.63, 3.8) is 0 Å². The zero-order valence-electron chi connectivity index (χ0n) is 15.2. The van der Waals surface area contributed by atoms with Crippen LogP contribution in [0.25, 0.3) is 0 Å². The molecule has 0 bridgehead atoms. The van der Waals surface area contributed by atoms with Gasteiger partial charge in [-0.3, -0.25) is 9.48 Å². The van der Waals surface area contributed by atoms with Gasteiger partial charge < -0.3 is 5.32 Å². The molecule has 0 aliphatic heterocycles. The highest BCUT2D eigenvalue weighted by molar-refractivity contribution is 5.94. The standard InChI is InChI=1S/C21H27N3O/c1-16-14-17(2)24(23-16)15-19-8-10-20(11-9-19)21(25)22-13-12-18-6-4-3-5-7-18/h6,8-11,14H,3-5,7,12-13,15H2,1-2H3,(H,22,25). The zero-order valence-corrected chi connectivity index (χ0v) is 15.2. The van der Waals surface area contributed by atoms with Gasteiger partial charge in [-0.15, -0.1) is 0 Å². The van der Waals surface area contributed by atoms with E-state index in [2.05, 4.69) is 29.5 Å². The number of amides is 1. The molecule has 2 aromatic rings. The van der Waals surface area contributed by atoms with Crippen molar-refractivity contribution in [3.8, 4) is 0 Å². The first-order valence-corrected chi connectivity index (χ1v) is 9.18. The molecule has 0 saturated carbocycles. The summed E-state index contributed by atoms with van der Waals surface area (Å²) in [7, 11) is 0. The van der Waals surface area contributed by atoms with E-state index in [0.717, 1.165) is 42.0 Å². The van der Waals surface area contributed by atoms with Gasteiger partial charge in [0.1, 0.15) is 0 Å². The van der Waals surface area contributed by atoms with Crippen molar-refractivity contribution < 1.29 is 4.79 Å². The Bertz CT molecular complexity index is 756. The first kappa shape index (κ1) is 17.5. The van der Waals surface area contributed by atoms with E-state index in [1.165, 1.54) is 31.3 Å². The molecule has 132 valence electrons. The molecule has 0 spiro atoms. The van der Waals surface area contributed by atoms with Gasteiger partial charge in [-0.05, 0) is 69.7 Å². The van der Waals surface area contributed by atoms with Crippen LogP contribution >= 0.6 is 0 Å². The Kier molecular flexibility index (Phi) is 5.69. The maximum absolute atomic E-state index is 12.3. The fourth-order valence-electron chi connectivity index (χ4n) is 3.34. The fourth-order valence-corrected chi connectivity index (χ4v) is 3.34. The lowest BCUT2D eigenvalue weighted by Crippen LogP contribution is -2.24. The molecule has 1 aliphatic rings. The smallest absolute Gasteiger partial charge is 0.251 e. The molecule has 0 saturated heterocycles. The van der Waals surface area contributed by atoms with E-state index in [9.17, 15) is 4.79 Å². The molecule has 4 heteroatoms. The molecule has 4 nitrogen and oxygen atoms in total. The predicted molar refractivity (Wildman–Crippen MR) is 101 cm³/mol. The predicted octanol–water partition coefficient (Wildman–Crippen LogP) is 4.17. The summed E-state index contributed by atoms with van der Waals surface area (Å²) in [6.45, 7) is 5.51. The average molecular weight is 337 g/mol. The number of hydrogen-bond acceptors (Lipinski definition) is 2. The van der Waals surface area contributed by atoms with Gasteiger partial charge in [0.25, 0.3) is 5.91 Å². The van der Waals surface area contributed by atoms with E-state index in [-0.39, 0.29) is 5.91 Å². The number of benzene rings is 1. The third-order valence-corrected chi connectivity index (χ3v) is 4.77. The Labute approximate surface area is 149 Å². The summed E-state index contributed by atoms with van der Waals surface area (Å²) in [4.78, 5) is 12.3. The van der Waals surface area contributed by atoms with E-state index in [4.69, 9.17) is 0 Å². The summed E-state index contributed by atoms with van der Waals surface area (Å²) < 4.78 is 1.99. The monoisotopic (exact) mass is 337 g/mol. The number of nitrogens with zero attached hydrogens (tertiary/aromatic N) is 2. The third-order valence-electron chi connectivity index (χ3n) is 4.77. The van der Waals surface area contributed by atoms with E-state index in [1.54, 1.807) is 0 Å². The van der Waals surface area contributed by atoms with Gasteiger partial charge >= 0.3 is 0 Å². The minimum Gasteiger partial charge on any atom is -0.352 e. The lowest BCUT2D eigenvalue weighted by atomic mass is 9.97. The molecule has 1 N–H and O–H groups in total. The summed E-state index contributed by atoms with van der Waals surface area (Å²) in [5.74, 6) is 0.00840. The first-order valence-electron chi connectivity index (χ1n) is 9.18. The van der Waals surface area contributed by atoms with Crippen LogP contribution < -0.4 is 5.32 Å². The van der Waals surface area contributed by atoms with Crippen LogP contribution in [0, 0.1) is 13.8 Å². The van der Waals surface area contributed by atoms with Crippen LogP contribution in [0.1, 0.15) is 59.4 Å². The van der Waals surface area contributed by atoms with Crippen molar-refractivity contribution in [3.05, 3.63) is 64.5 Å². The van der Waals surface area contributed by atoms with E-state index >= 15 is 0 Å². The van der Waals surface area contributed by atoms with Gasteiger partial charge in [0.2, 0.25) is 0 Å². The van der Waals surface area contributed by atoms with E-state index in [0.29, 0.717) is 0 Å². The van der Waals surface area contributed by atoms with Gasteiger partial charge in [-0.25, -0.2) is 0 Å². The van der Waals surface area contributed by atoms with Gasteiger partial charge in [0, 0.05) is 17.8 Å². The Morgan fingerprint density at radius 3 is 2.64 bits per heavy atom. The van der Waals surface area contributed by atoms with Crippen LogP contribution in [0.5, 0.6) is 0 Å². The molecule has 25 heavy (non-hydrogen) atoms. The van der Waals surface area contributed by atoms with Crippen LogP contribution in [0.3, 0.4) is 0 Å². The molecular formula is C21H27N3O. The highest BCUT2D eigenvalue weighted by Crippen LogP contribution is 2.19. The highest BCUT2D eigenvalue weighted by atomic mass is 16.1. The zero-order chi connectivity index (χ0) is 17.6. The summed E-state index contributed by atoms with van der Waals surface area (Å²) in [5, 5.41) is 7.51. The van der Waals surface area contributed by atoms with Crippen LogP contribution in [0.15, 0.2) is 42.0 Å². The molecule has 0 radical (unpaired) electrons. The largest absolute Gasteiger partial charge is 0.352 e. The SMILES string of the molecule is Cc1cc(C)n(Cc2ccc(C(=O)NCCC3=CCCCC3)cc2)n1. The number of allylic oxidation sites excluding steroid dienone is 1. The number of carbonyl (C=O) groups excluding carboxylic acids is 1. The second-order valence-corrected chi connectivity index (χ2v) is 6.90. The Morgan fingerprint density at radius 1 is 1.20 bits per heavy atom. The number of rotatable bonds is 6. The second-order valence-electron chi connectivity index (χ2n) is 6.90. The molecular weight excluding hydrogens is 310 g/mol. The van der Waals surface area contributed by atoms with Crippen LogP contribution in [-0.4, -0.2) is 22.2 Å². The van der Waals surface area contributed by atoms with E-state index < -0.39 is 0 Å². The Morgan fingerprint density at radius 2 is 2.00 bits per heavy atom. The number of aryl methyl sites for hydroxylation is 2. The van der Waals surface area contributed by atoms with Crippen LogP contribution in [0.4, 0.5) is 0 Å². The normalized spacial score (nSPS) is 14.2. The quantitative estimate of drug-likeness (QED) is 0.804. The lowest BCUT2D eigenvalue weighted by molar-refractivity contribution is 0.0954. The minimum atomic E-state index is 0.00840. The molecule has 3 rings (SSSR count). The highest BCUT2D eigenvalue weighted by Gasteiger charge is 2.08. The molecule has 0 atom stereocenters. The molecule has 1 amide bonds. The molecule has 0 unspecified atom stereocenters. The average Bonchev–Trinajstić information content (AvgIpc) is 2.93. The Balaban J connectivity index is 1.51. The summed E-state index contributed by atoms with van der Waals surface area (Å²) in [6.07, 6.45) is 8.29. The number of aromatic nitrogens is 2. The first-order chi connectivity index (χ1) is 12.1. The van der Waals surface area contributed by atoms with Crippen LogP contribution in [-0.2, 0) is 6.54 Å². The lowest BCUT2D eigenvalue weighted by Gasteiger charge is -2.13. The van der Waals surface area contributed by atoms with Crippen molar-refractivity contribution in [2.24, 2.45) is 0 Å². The molecule has 1 aromatic carbocycles. The number of nitrogens with one attached hydrogen (secondary N) is 1. The van der Waals surface area contributed by atoms with Crippen molar-refractivity contribution in [2.45, 2.75) is 52.5 Å². The van der Waals surface area contributed by atoms with Gasteiger partial charge in [-0.1, -0.05) is 23.8 Å². The second kappa shape index (κ2) is 8.15. The van der Waals surface area contributed by atoms with E-state index in [1.807, 2.05) is 35.9 Å². The van der Waals surface area contributed by atoms with Crippen molar-refractivity contribution >= 4 is 5.91 Å². The summed E-state index contributed by atoms with van der Waals surface area (Å²) >= 11 is 0. The van der Waals surface area contributed by atoms with Crippen LogP contribution in [0.2, 0.25) is 0 Å². The summed E-state index contributed by atoms with van der Waals surface area (Å²) in [6, 6.07) is 9.89. The molecule has 0 fully saturated rings. The topological polar surface area (TPSA) is 46.9 Å². The van der Waals surface area contributed by atoms with Gasteiger partial charge in [0.15, 0.2) is 0 Å². The number of carbonyl (C=O) groups is 1. The maximum atomic E-state index is 12.3. The van der Waals surface area contributed by atoms with Crippen molar-refractivity contribution in [1.82, 2.24) is 15.1 Å². The molecule has 1 aliphatic carbocycles. The van der Waals surface area contributed by atoms with Gasteiger partial charge in [-0.2, -0.15) is 5.10 Å². The minimum absolute atomic E-state index is 0.00840. The fraction of sp³-hybridized carbons (Fsp3) is 0.429. The maximum Gasteiger partial charge on any atom is 0.251 e. The van der Waals surface area contributed by atoms with Crippen molar-refractivity contribution in [1.29, 1.82) is 0 Å². The van der Waals surface area contributed by atoms with Crippen molar-refractivity contribution in [2.75, 3.05) is 6.54 Å². The number of hydrogen-bond donors (Lipinski definition) is 1. The third kappa shape index (κ3) is 4.81. The summed E-state index contributed by atoms with van der Waals surface area (Å²) in [5.41, 5.74) is 5.54. The molecule has 1 heterocycles. The van der Waals surface area contributed by atoms with Gasteiger partial charge in [0.05, 0.1) is 12.2 Å². The molecule has 1 aromatic heterocycles.